The number of hydrogen-bond acceptors (Lipinski definition) is 3. The molecule has 4 heteroatoms. The van der Waals surface area contributed by atoms with E-state index in [0.29, 0.717) is 0 Å². The molecule has 1 saturated heterocycles. The fourth-order valence-electron chi connectivity index (χ4n) is 2.39. The van der Waals surface area contributed by atoms with Gasteiger partial charge < -0.3 is 10.2 Å². The monoisotopic (exact) mass is 311 g/mol. The van der Waals surface area contributed by atoms with E-state index in [-0.39, 0.29) is 0 Å². The summed E-state index contributed by atoms with van der Waals surface area (Å²) in [7, 11) is 4.35. The Bertz CT molecular complexity index is 381. The van der Waals surface area contributed by atoms with Crippen LogP contribution >= 0.6 is 15.9 Å². The molecule has 0 radical (unpaired) electrons. The average molecular weight is 312 g/mol. The summed E-state index contributed by atoms with van der Waals surface area (Å²) in [5.74, 6) is 0. The molecule has 0 aliphatic carbocycles. The van der Waals surface area contributed by atoms with E-state index >= 15 is 0 Å². The maximum Gasteiger partial charge on any atom is 0.0485 e. The topological polar surface area (TPSA) is 18.5 Å². The number of halogens is 1. The highest BCUT2D eigenvalue weighted by Gasteiger charge is 2.23. The Balaban J connectivity index is 1.72. The number of nitrogens with one attached hydrogen (secondary N) is 1. The third-order valence-electron chi connectivity index (χ3n) is 3.60. The molecule has 18 heavy (non-hydrogen) atoms. The zero-order valence-corrected chi connectivity index (χ0v) is 12.8. The van der Waals surface area contributed by atoms with Crippen molar-refractivity contribution in [3.05, 3.63) is 28.7 Å². The molecule has 1 aliphatic heterocycles. The van der Waals surface area contributed by atoms with Gasteiger partial charge in [0.25, 0.3) is 0 Å². The summed E-state index contributed by atoms with van der Waals surface area (Å²) in [6.45, 7) is 4.54. The molecule has 1 aromatic carbocycles. The van der Waals surface area contributed by atoms with Crippen LogP contribution in [0.3, 0.4) is 0 Å². The summed E-state index contributed by atoms with van der Waals surface area (Å²) in [5, 5.41) is 3.48. The summed E-state index contributed by atoms with van der Waals surface area (Å²) in [6, 6.07) is 9.01. The van der Waals surface area contributed by atoms with Gasteiger partial charge in [-0.05, 0) is 55.1 Å². The van der Waals surface area contributed by atoms with Crippen LogP contribution in [0.4, 0.5) is 5.69 Å². The van der Waals surface area contributed by atoms with Crippen molar-refractivity contribution >= 4 is 21.6 Å². The molecule has 0 saturated carbocycles. The first-order valence-electron chi connectivity index (χ1n) is 6.54. The van der Waals surface area contributed by atoms with E-state index in [1.165, 1.54) is 25.2 Å². The summed E-state index contributed by atoms with van der Waals surface area (Å²) >= 11 is 3.56. The van der Waals surface area contributed by atoms with E-state index in [4.69, 9.17) is 0 Å². The molecular weight excluding hydrogens is 290 g/mol. The molecule has 0 aromatic heterocycles. The van der Waals surface area contributed by atoms with Crippen LogP contribution in [0.25, 0.3) is 0 Å². The SMILES string of the molecule is CN(C)C1CCN(CCNc2ccccc2Br)C1. The van der Waals surface area contributed by atoms with Crippen LogP contribution in [0, 0.1) is 0 Å². The van der Waals surface area contributed by atoms with Gasteiger partial charge in [0.2, 0.25) is 0 Å². The minimum atomic E-state index is 0.730. The molecule has 1 aromatic rings. The number of rotatable bonds is 5. The average Bonchev–Trinajstić information content (AvgIpc) is 2.80. The highest BCUT2D eigenvalue weighted by Crippen LogP contribution is 2.21. The second-order valence-electron chi connectivity index (χ2n) is 5.11. The Kier molecular flexibility index (Phi) is 5.03. The van der Waals surface area contributed by atoms with Crippen molar-refractivity contribution in [2.24, 2.45) is 0 Å². The lowest BCUT2D eigenvalue weighted by atomic mass is 10.2. The molecule has 3 nitrogen and oxygen atoms in total. The third-order valence-corrected chi connectivity index (χ3v) is 4.29. The van der Waals surface area contributed by atoms with Gasteiger partial charge in [-0.3, -0.25) is 4.90 Å². The molecule has 1 heterocycles. The first kappa shape index (κ1) is 13.8. The van der Waals surface area contributed by atoms with Crippen LogP contribution in [0.5, 0.6) is 0 Å². The minimum Gasteiger partial charge on any atom is -0.383 e. The quantitative estimate of drug-likeness (QED) is 0.901. The summed E-state index contributed by atoms with van der Waals surface area (Å²) < 4.78 is 1.14. The minimum absolute atomic E-state index is 0.730. The van der Waals surface area contributed by atoms with Gasteiger partial charge in [-0.1, -0.05) is 12.1 Å². The Morgan fingerprint density at radius 1 is 1.39 bits per heavy atom. The molecule has 1 N–H and O–H groups in total. The predicted octanol–water partition coefficient (Wildman–Crippen LogP) is 2.50. The molecule has 1 fully saturated rings. The van der Waals surface area contributed by atoms with Crippen molar-refractivity contribution in [3.63, 3.8) is 0 Å². The van der Waals surface area contributed by atoms with Gasteiger partial charge in [-0.25, -0.2) is 0 Å². The number of likely N-dealkylation sites (N-methyl/N-ethyl adjacent to an activating group) is 1. The van der Waals surface area contributed by atoms with Crippen molar-refractivity contribution in [1.82, 2.24) is 9.80 Å². The largest absolute Gasteiger partial charge is 0.383 e. The predicted molar refractivity (Wildman–Crippen MR) is 81.2 cm³/mol. The maximum absolute atomic E-state index is 3.56. The van der Waals surface area contributed by atoms with E-state index in [9.17, 15) is 0 Å². The molecular formula is C14H22BrN3. The highest BCUT2D eigenvalue weighted by atomic mass is 79.9. The summed E-state index contributed by atoms with van der Waals surface area (Å²) in [5.41, 5.74) is 1.18. The van der Waals surface area contributed by atoms with Crippen molar-refractivity contribution in [1.29, 1.82) is 0 Å². The Labute approximate surface area is 118 Å². The summed E-state index contributed by atoms with van der Waals surface area (Å²) in [4.78, 5) is 4.87. The van der Waals surface area contributed by atoms with Gasteiger partial charge in [-0.2, -0.15) is 0 Å². The van der Waals surface area contributed by atoms with E-state index in [1.807, 2.05) is 6.07 Å². The van der Waals surface area contributed by atoms with Crippen molar-refractivity contribution in [3.8, 4) is 0 Å². The molecule has 100 valence electrons. The lowest BCUT2D eigenvalue weighted by molar-refractivity contribution is 0.273. The Morgan fingerprint density at radius 3 is 2.83 bits per heavy atom. The van der Waals surface area contributed by atoms with Crippen molar-refractivity contribution in [2.75, 3.05) is 45.6 Å². The van der Waals surface area contributed by atoms with E-state index in [2.05, 4.69) is 63.3 Å². The van der Waals surface area contributed by atoms with Gasteiger partial charge in [0.1, 0.15) is 0 Å². The van der Waals surface area contributed by atoms with Gasteiger partial charge in [-0.15, -0.1) is 0 Å². The normalized spacial score (nSPS) is 20.6. The number of hydrogen-bond donors (Lipinski definition) is 1. The molecule has 0 bridgehead atoms. The number of benzene rings is 1. The van der Waals surface area contributed by atoms with Crippen LogP contribution in [0.2, 0.25) is 0 Å². The van der Waals surface area contributed by atoms with Crippen molar-refractivity contribution in [2.45, 2.75) is 12.5 Å². The summed E-state index contributed by atoms with van der Waals surface area (Å²) in [6.07, 6.45) is 1.29. The van der Waals surface area contributed by atoms with Gasteiger partial charge in [0.05, 0.1) is 0 Å². The van der Waals surface area contributed by atoms with Crippen LogP contribution in [0.15, 0.2) is 28.7 Å². The highest BCUT2D eigenvalue weighted by molar-refractivity contribution is 9.10. The number of nitrogens with zero attached hydrogens (tertiary/aromatic N) is 2. The fraction of sp³-hybridized carbons (Fsp3) is 0.571. The lowest BCUT2D eigenvalue weighted by Crippen LogP contribution is -2.33. The second kappa shape index (κ2) is 6.55. The maximum atomic E-state index is 3.56. The van der Waals surface area contributed by atoms with Crippen LogP contribution < -0.4 is 5.32 Å². The van der Waals surface area contributed by atoms with Gasteiger partial charge in [0, 0.05) is 35.8 Å². The molecule has 0 spiro atoms. The smallest absolute Gasteiger partial charge is 0.0485 e. The Morgan fingerprint density at radius 2 is 2.17 bits per heavy atom. The van der Waals surface area contributed by atoms with Crippen LogP contribution in [-0.4, -0.2) is 56.1 Å². The third kappa shape index (κ3) is 3.70. The zero-order chi connectivity index (χ0) is 13.0. The molecule has 1 atom stereocenters. The van der Waals surface area contributed by atoms with Crippen molar-refractivity contribution < 1.29 is 0 Å². The van der Waals surface area contributed by atoms with Crippen LogP contribution in [0.1, 0.15) is 6.42 Å². The first-order valence-corrected chi connectivity index (χ1v) is 7.33. The number of anilines is 1. The first-order chi connectivity index (χ1) is 8.66. The number of para-hydroxylation sites is 1. The molecule has 2 rings (SSSR count). The number of likely N-dealkylation sites (tertiary alicyclic amines) is 1. The second-order valence-corrected chi connectivity index (χ2v) is 5.97. The Hall–Kier alpha value is -0.580. The molecule has 1 aliphatic rings. The van der Waals surface area contributed by atoms with E-state index in [0.717, 1.165) is 23.6 Å². The zero-order valence-electron chi connectivity index (χ0n) is 11.2. The standard InChI is InChI=1S/C14H22BrN3/c1-17(2)12-7-9-18(11-12)10-8-16-14-6-4-3-5-13(14)15/h3-6,12,16H,7-11H2,1-2H3. The van der Waals surface area contributed by atoms with Gasteiger partial charge >= 0.3 is 0 Å². The van der Waals surface area contributed by atoms with E-state index in [1.54, 1.807) is 0 Å². The molecule has 1 unspecified atom stereocenters. The molecule has 0 amide bonds. The van der Waals surface area contributed by atoms with Gasteiger partial charge in [0.15, 0.2) is 0 Å². The van der Waals surface area contributed by atoms with E-state index < -0.39 is 0 Å². The van der Waals surface area contributed by atoms with Crippen LogP contribution in [-0.2, 0) is 0 Å². The fourth-order valence-corrected chi connectivity index (χ4v) is 2.82. The lowest BCUT2D eigenvalue weighted by Gasteiger charge is -2.20.